The zero-order valence-corrected chi connectivity index (χ0v) is 25.7. The molecule has 230 valence electrons. The van der Waals surface area contributed by atoms with Gasteiger partial charge in [0.05, 0.1) is 19.1 Å². The molecule has 3 rings (SSSR count). The lowest BCUT2D eigenvalue weighted by Gasteiger charge is -2.44. The summed E-state index contributed by atoms with van der Waals surface area (Å²) >= 11 is 0. The number of carbonyl (C=O) groups is 3. The van der Waals surface area contributed by atoms with E-state index in [-0.39, 0.29) is 48.6 Å². The topological polar surface area (TPSA) is 115 Å². The van der Waals surface area contributed by atoms with Gasteiger partial charge in [-0.25, -0.2) is 4.79 Å². The lowest BCUT2D eigenvalue weighted by atomic mass is 9.73. The minimum absolute atomic E-state index is 0.0650. The van der Waals surface area contributed by atoms with E-state index >= 15 is 0 Å². The van der Waals surface area contributed by atoms with Crippen LogP contribution in [-0.4, -0.2) is 60.6 Å². The van der Waals surface area contributed by atoms with E-state index in [9.17, 15) is 14.4 Å². The quantitative estimate of drug-likeness (QED) is 0.189. The van der Waals surface area contributed by atoms with Crippen molar-refractivity contribution in [3.05, 3.63) is 0 Å². The van der Waals surface area contributed by atoms with Crippen LogP contribution >= 0.6 is 0 Å². The Morgan fingerprint density at radius 3 is 2.33 bits per heavy atom. The number of rotatable bonds is 14. The molecule has 0 spiro atoms. The molecule has 1 saturated heterocycles. The van der Waals surface area contributed by atoms with Gasteiger partial charge in [0.1, 0.15) is 12.2 Å². The lowest BCUT2D eigenvalue weighted by Crippen LogP contribution is -2.59. The number of hydrogen-bond donors (Lipinski definition) is 3. The number of urea groups is 1. The highest BCUT2D eigenvalue weighted by molar-refractivity contribution is 5.82. The number of ether oxygens (including phenoxy) is 3. The van der Waals surface area contributed by atoms with Crippen LogP contribution in [0.3, 0.4) is 0 Å². The zero-order chi connectivity index (χ0) is 29.2. The molecule has 2 aliphatic carbocycles. The Labute approximate surface area is 241 Å². The van der Waals surface area contributed by atoms with Gasteiger partial charge in [0, 0.05) is 17.5 Å². The van der Waals surface area contributed by atoms with E-state index in [0.717, 1.165) is 57.8 Å². The highest BCUT2D eigenvalue weighted by atomic mass is 16.7. The van der Waals surface area contributed by atoms with Crippen LogP contribution in [0.1, 0.15) is 131 Å². The summed E-state index contributed by atoms with van der Waals surface area (Å²) in [5, 5.41) is 9.24. The predicted molar refractivity (Wildman–Crippen MR) is 155 cm³/mol. The first kappa shape index (κ1) is 32.6. The average molecular weight is 566 g/mol. The monoisotopic (exact) mass is 565 g/mol. The number of nitrogens with one attached hydrogen (secondary N) is 3. The van der Waals surface area contributed by atoms with Gasteiger partial charge in [-0.15, -0.1) is 0 Å². The van der Waals surface area contributed by atoms with Crippen molar-refractivity contribution in [3.8, 4) is 0 Å². The first-order valence-electron chi connectivity index (χ1n) is 15.8. The zero-order valence-electron chi connectivity index (χ0n) is 25.7. The number of amides is 3. The van der Waals surface area contributed by atoms with Gasteiger partial charge in [0.25, 0.3) is 0 Å². The van der Waals surface area contributed by atoms with Gasteiger partial charge >= 0.3 is 12.0 Å². The molecule has 0 aromatic heterocycles. The molecular formula is C31H55N3O6. The van der Waals surface area contributed by atoms with Crippen LogP contribution in [0.2, 0.25) is 0 Å². The number of unbranched alkanes of at least 4 members (excludes halogenated alkanes) is 5. The molecule has 3 N–H and O–H groups in total. The molecule has 2 saturated carbocycles. The molecule has 1 heterocycles. The molecule has 3 amide bonds. The van der Waals surface area contributed by atoms with Crippen LogP contribution in [-0.2, 0) is 23.8 Å². The maximum Gasteiger partial charge on any atom is 0.315 e. The third-order valence-electron chi connectivity index (χ3n) is 8.77. The van der Waals surface area contributed by atoms with E-state index < -0.39 is 17.3 Å². The second kappa shape index (κ2) is 14.9. The van der Waals surface area contributed by atoms with Crippen molar-refractivity contribution in [2.24, 2.45) is 5.41 Å². The Morgan fingerprint density at radius 2 is 1.62 bits per heavy atom. The Bertz CT molecular complexity index is 841. The van der Waals surface area contributed by atoms with Gasteiger partial charge in [-0.2, -0.15) is 0 Å². The molecule has 1 aliphatic heterocycles. The lowest BCUT2D eigenvalue weighted by molar-refractivity contribution is -0.304. The van der Waals surface area contributed by atoms with E-state index in [1.54, 1.807) is 13.8 Å². The van der Waals surface area contributed by atoms with Gasteiger partial charge in [-0.05, 0) is 58.8 Å². The van der Waals surface area contributed by atoms with Crippen molar-refractivity contribution < 1.29 is 28.6 Å². The molecule has 0 aromatic carbocycles. The van der Waals surface area contributed by atoms with Crippen LogP contribution in [0.15, 0.2) is 0 Å². The van der Waals surface area contributed by atoms with Crippen LogP contribution in [0.25, 0.3) is 0 Å². The minimum atomic E-state index is -0.835. The van der Waals surface area contributed by atoms with Crippen molar-refractivity contribution in [1.29, 1.82) is 0 Å². The van der Waals surface area contributed by atoms with E-state index in [0.29, 0.717) is 6.61 Å². The summed E-state index contributed by atoms with van der Waals surface area (Å²) in [6.45, 7) is 10.2. The Morgan fingerprint density at radius 1 is 0.925 bits per heavy atom. The summed E-state index contributed by atoms with van der Waals surface area (Å²) in [7, 11) is 0. The molecule has 3 aliphatic rings. The van der Waals surface area contributed by atoms with Crippen LogP contribution < -0.4 is 16.0 Å². The standard InChI is InChI=1S/C31H55N3O6/c1-6-7-8-9-10-13-18-31(19-14-20-31)34-28(37)33-23-15-11-12-16-24(23)39-25(35)17-21-32-27(36)26-29(2,3)22-38-30(4,5)40-26/h23-24,26H,6-22H2,1-5H3,(H,32,36)(H2,33,34,37). The third kappa shape index (κ3) is 9.89. The van der Waals surface area contributed by atoms with E-state index in [1.165, 1.54) is 32.1 Å². The molecule has 0 bridgehead atoms. The second-order valence-corrected chi connectivity index (χ2v) is 13.4. The fraction of sp³-hybridized carbons (Fsp3) is 0.903. The van der Waals surface area contributed by atoms with E-state index in [4.69, 9.17) is 14.2 Å². The molecule has 0 aromatic rings. The maximum atomic E-state index is 13.0. The summed E-state index contributed by atoms with van der Waals surface area (Å²) in [6.07, 6.45) is 14.3. The highest BCUT2D eigenvalue weighted by Crippen LogP contribution is 2.37. The minimum Gasteiger partial charge on any atom is -0.460 e. The summed E-state index contributed by atoms with van der Waals surface area (Å²) < 4.78 is 17.4. The van der Waals surface area contributed by atoms with Crippen LogP contribution in [0.4, 0.5) is 4.79 Å². The van der Waals surface area contributed by atoms with Gasteiger partial charge < -0.3 is 30.2 Å². The maximum absolute atomic E-state index is 13.0. The molecule has 3 fully saturated rings. The molecule has 0 radical (unpaired) electrons. The number of carbonyl (C=O) groups excluding carboxylic acids is 3. The van der Waals surface area contributed by atoms with E-state index in [1.807, 2.05) is 13.8 Å². The van der Waals surface area contributed by atoms with Gasteiger partial charge in [-0.1, -0.05) is 65.7 Å². The fourth-order valence-corrected chi connectivity index (χ4v) is 6.06. The average Bonchev–Trinajstić information content (AvgIpc) is 2.87. The van der Waals surface area contributed by atoms with Gasteiger partial charge in [-0.3, -0.25) is 9.59 Å². The smallest absolute Gasteiger partial charge is 0.315 e. The van der Waals surface area contributed by atoms with Gasteiger partial charge in [0.2, 0.25) is 5.91 Å². The van der Waals surface area contributed by atoms with Crippen molar-refractivity contribution in [1.82, 2.24) is 16.0 Å². The fourth-order valence-electron chi connectivity index (χ4n) is 6.06. The Kier molecular flexibility index (Phi) is 12.1. The first-order valence-corrected chi connectivity index (χ1v) is 15.8. The summed E-state index contributed by atoms with van der Waals surface area (Å²) in [5.41, 5.74) is -0.555. The number of hydrogen-bond acceptors (Lipinski definition) is 6. The largest absolute Gasteiger partial charge is 0.460 e. The molecule has 3 unspecified atom stereocenters. The van der Waals surface area contributed by atoms with Crippen molar-refractivity contribution in [3.63, 3.8) is 0 Å². The van der Waals surface area contributed by atoms with E-state index in [2.05, 4.69) is 22.9 Å². The molecule has 40 heavy (non-hydrogen) atoms. The Balaban J connectivity index is 1.40. The van der Waals surface area contributed by atoms with Crippen LogP contribution in [0, 0.1) is 5.41 Å². The molecule has 9 nitrogen and oxygen atoms in total. The number of esters is 1. The second-order valence-electron chi connectivity index (χ2n) is 13.4. The van der Waals surface area contributed by atoms with Crippen molar-refractivity contribution >= 4 is 17.9 Å². The predicted octanol–water partition coefficient (Wildman–Crippen LogP) is 5.50. The molecule has 3 atom stereocenters. The first-order chi connectivity index (χ1) is 19.0. The highest BCUT2D eigenvalue weighted by Gasteiger charge is 2.45. The van der Waals surface area contributed by atoms with Crippen molar-refractivity contribution in [2.45, 2.75) is 161 Å². The molecule has 9 heteroatoms. The summed E-state index contributed by atoms with van der Waals surface area (Å²) in [6, 6.07) is -0.343. The molecular weight excluding hydrogens is 510 g/mol. The SMILES string of the molecule is CCCCCCCCC1(NC(=O)NC2CCCCC2OC(=O)CCNC(=O)C2OC(C)(C)OCC2(C)C)CCC1. The van der Waals surface area contributed by atoms with Crippen LogP contribution in [0.5, 0.6) is 0 Å². The summed E-state index contributed by atoms with van der Waals surface area (Å²) in [4.78, 5) is 38.5. The third-order valence-corrected chi connectivity index (χ3v) is 8.77. The Hall–Kier alpha value is -1.87. The summed E-state index contributed by atoms with van der Waals surface area (Å²) in [5.74, 6) is -1.46. The van der Waals surface area contributed by atoms with Crippen molar-refractivity contribution in [2.75, 3.05) is 13.2 Å². The normalized spacial score (nSPS) is 26.7. The van der Waals surface area contributed by atoms with Gasteiger partial charge in [0.15, 0.2) is 5.79 Å².